The van der Waals surface area contributed by atoms with E-state index in [2.05, 4.69) is 34.6 Å². The van der Waals surface area contributed by atoms with Crippen molar-refractivity contribution in [3.63, 3.8) is 0 Å². The minimum absolute atomic E-state index is 0.197. The molecule has 0 aromatic carbocycles. The van der Waals surface area contributed by atoms with E-state index >= 15 is 0 Å². The predicted octanol–water partition coefficient (Wildman–Crippen LogP) is 6.54. The van der Waals surface area contributed by atoms with E-state index in [-0.39, 0.29) is 5.78 Å². The lowest BCUT2D eigenvalue weighted by molar-refractivity contribution is -0.114. The topological polar surface area (TPSA) is 43.1 Å². The number of rotatable bonds is 7. The number of carbonyl (C=O) groups is 1. The number of allylic oxidation sites excluding steroid dienone is 2. The Morgan fingerprint density at radius 1 is 0.955 bits per heavy atom. The third-order valence-electron chi connectivity index (χ3n) is 2.52. The summed E-state index contributed by atoms with van der Waals surface area (Å²) in [5.74, 6) is 1.09. The molecule has 0 amide bonds. The second-order valence-corrected chi connectivity index (χ2v) is 5.62. The molecule has 0 aromatic heterocycles. The first-order valence-corrected chi connectivity index (χ1v) is 9.26. The Morgan fingerprint density at radius 3 is 1.45 bits per heavy atom. The van der Waals surface area contributed by atoms with Crippen molar-refractivity contribution in [2.75, 3.05) is 6.54 Å². The van der Waals surface area contributed by atoms with Gasteiger partial charge in [-0.2, -0.15) is 0 Å². The van der Waals surface area contributed by atoms with Crippen molar-refractivity contribution < 1.29 is 4.79 Å². The fourth-order valence-electron chi connectivity index (χ4n) is 1.38. The summed E-state index contributed by atoms with van der Waals surface area (Å²) in [4.78, 5) is 10.3. The van der Waals surface area contributed by atoms with Gasteiger partial charge in [0, 0.05) is 6.42 Å². The van der Waals surface area contributed by atoms with E-state index in [0.29, 0.717) is 6.42 Å². The lowest BCUT2D eigenvalue weighted by atomic mass is 10.1. The largest absolute Gasteiger partial charge is 0.331 e. The van der Waals surface area contributed by atoms with Crippen LogP contribution in [0.25, 0.3) is 0 Å². The van der Waals surface area contributed by atoms with Gasteiger partial charge in [-0.05, 0) is 25.5 Å². The third kappa shape index (κ3) is 60.8. The highest BCUT2D eigenvalue weighted by Gasteiger charge is 1.85. The predicted molar refractivity (Wildman–Crippen MR) is 104 cm³/mol. The van der Waals surface area contributed by atoms with E-state index in [1.807, 2.05) is 20.8 Å². The highest BCUT2D eigenvalue weighted by molar-refractivity contribution is 5.89. The zero-order valence-electron chi connectivity index (χ0n) is 16.9. The van der Waals surface area contributed by atoms with Gasteiger partial charge < -0.3 is 5.73 Å². The number of ketones is 1. The van der Waals surface area contributed by atoms with Gasteiger partial charge in [-0.1, -0.05) is 93.1 Å². The van der Waals surface area contributed by atoms with Gasteiger partial charge in [0.2, 0.25) is 0 Å². The first kappa shape index (κ1) is 29.4. The molecule has 0 unspecified atom stereocenters. The zero-order valence-corrected chi connectivity index (χ0v) is 16.9. The van der Waals surface area contributed by atoms with Crippen molar-refractivity contribution in [3.8, 4) is 0 Å². The maximum atomic E-state index is 10.3. The fourth-order valence-corrected chi connectivity index (χ4v) is 1.38. The zero-order chi connectivity index (χ0) is 18.2. The lowest BCUT2D eigenvalue weighted by Gasteiger charge is -1.95. The van der Waals surface area contributed by atoms with Crippen LogP contribution in [-0.2, 0) is 4.79 Å². The monoisotopic (exact) mass is 315 g/mol. The molecule has 2 N–H and O–H groups in total. The van der Waals surface area contributed by atoms with Crippen molar-refractivity contribution in [2.24, 2.45) is 11.7 Å². The molecule has 0 spiro atoms. The van der Waals surface area contributed by atoms with E-state index in [0.717, 1.165) is 12.5 Å². The molecule has 0 rings (SSSR count). The number of carbonyl (C=O) groups excluding carboxylic acids is 1. The van der Waals surface area contributed by atoms with Crippen LogP contribution in [0.2, 0.25) is 0 Å². The molecule has 0 heterocycles. The average Bonchev–Trinajstić information content (AvgIpc) is 2.47. The van der Waals surface area contributed by atoms with Crippen LogP contribution in [0.3, 0.4) is 0 Å². The summed E-state index contributed by atoms with van der Waals surface area (Å²) in [6, 6.07) is 0. The van der Waals surface area contributed by atoms with Crippen LogP contribution in [0.15, 0.2) is 12.2 Å². The van der Waals surface area contributed by atoms with Gasteiger partial charge in [0.1, 0.15) is 0 Å². The van der Waals surface area contributed by atoms with Gasteiger partial charge in [-0.3, -0.25) is 4.79 Å². The second kappa shape index (κ2) is 32.4. The number of hydrogen-bond acceptors (Lipinski definition) is 2. The maximum Gasteiger partial charge on any atom is 0.155 e. The molecule has 0 aliphatic carbocycles. The molecular formula is C20H45NO. The van der Waals surface area contributed by atoms with Crippen molar-refractivity contribution in [1.82, 2.24) is 0 Å². The van der Waals surface area contributed by atoms with Gasteiger partial charge >= 0.3 is 0 Å². The highest BCUT2D eigenvalue weighted by atomic mass is 16.1. The van der Waals surface area contributed by atoms with E-state index in [4.69, 9.17) is 5.73 Å². The standard InChI is InChI=1S/C6H10O.2C6H14.C2H7N/c1-3-5-6(7)4-2;1-4-5-6(2)3;1-3-5-6-4-2;1-2-3/h3,5H,4H2,1-2H3;6H,4-5H2,1-3H3;3-6H2,1-2H3;2-3H2,1H3/b5-3+;;;. The molecule has 0 bridgehead atoms. The molecule has 0 aliphatic heterocycles. The average molecular weight is 316 g/mol. The summed E-state index contributed by atoms with van der Waals surface area (Å²) in [7, 11) is 0. The molecule has 22 heavy (non-hydrogen) atoms. The lowest BCUT2D eigenvalue weighted by Crippen LogP contribution is -1.87. The van der Waals surface area contributed by atoms with E-state index in [9.17, 15) is 4.79 Å². The molecule has 0 saturated heterocycles. The molecule has 0 atom stereocenters. The fraction of sp³-hybridized carbons (Fsp3) is 0.850. The Kier molecular flexibility index (Phi) is 43.2. The Bertz CT molecular complexity index is 194. The Morgan fingerprint density at radius 2 is 1.36 bits per heavy atom. The molecule has 2 heteroatoms. The summed E-state index contributed by atoms with van der Waals surface area (Å²) >= 11 is 0. The summed E-state index contributed by atoms with van der Waals surface area (Å²) in [6.45, 7) is 17.5. The van der Waals surface area contributed by atoms with Gasteiger partial charge in [0.15, 0.2) is 5.78 Å². The summed E-state index contributed by atoms with van der Waals surface area (Å²) in [5, 5.41) is 0. The summed E-state index contributed by atoms with van der Waals surface area (Å²) in [6.07, 6.45) is 12.2. The van der Waals surface area contributed by atoms with Gasteiger partial charge in [-0.15, -0.1) is 0 Å². The minimum Gasteiger partial charge on any atom is -0.331 e. The second-order valence-electron chi connectivity index (χ2n) is 5.62. The molecule has 0 fully saturated rings. The summed E-state index contributed by atoms with van der Waals surface area (Å²) < 4.78 is 0. The number of nitrogens with two attached hydrogens (primary N) is 1. The van der Waals surface area contributed by atoms with E-state index in [1.165, 1.54) is 38.5 Å². The molecule has 0 aromatic rings. The highest BCUT2D eigenvalue weighted by Crippen LogP contribution is 2.00. The normalized spacial score (nSPS) is 9.18. The van der Waals surface area contributed by atoms with Crippen LogP contribution in [0.5, 0.6) is 0 Å². The van der Waals surface area contributed by atoms with Crippen LogP contribution >= 0.6 is 0 Å². The van der Waals surface area contributed by atoms with Crippen molar-refractivity contribution in [3.05, 3.63) is 12.2 Å². The molecule has 0 radical (unpaired) electrons. The molecule has 136 valence electrons. The first-order valence-electron chi connectivity index (χ1n) is 9.26. The van der Waals surface area contributed by atoms with Crippen molar-refractivity contribution >= 4 is 5.78 Å². The van der Waals surface area contributed by atoms with E-state index in [1.54, 1.807) is 12.2 Å². The quantitative estimate of drug-likeness (QED) is 0.428. The van der Waals surface area contributed by atoms with Gasteiger partial charge in [0.25, 0.3) is 0 Å². The Balaban J connectivity index is -0.000000102. The van der Waals surface area contributed by atoms with Crippen LogP contribution in [0, 0.1) is 5.92 Å². The SMILES string of the molecule is C/C=C/C(=O)CC.CCCC(C)C.CCCCCC.CCN. The maximum absolute atomic E-state index is 10.3. The Labute approximate surface area is 142 Å². The molecule has 0 saturated carbocycles. The van der Waals surface area contributed by atoms with Crippen LogP contribution in [-0.4, -0.2) is 12.3 Å². The van der Waals surface area contributed by atoms with Crippen LogP contribution in [0.4, 0.5) is 0 Å². The first-order chi connectivity index (χ1) is 10.4. The van der Waals surface area contributed by atoms with Crippen LogP contribution in [0.1, 0.15) is 100 Å². The van der Waals surface area contributed by atoms with Crippen molar-refractivity contribution in [2.45, 2.75) is 100 Å². The molecule has 2 nitrogen and oxygen atoms in total. The van der Waals surface area contributed by atoms with Crippen LogP contribution < -0.4 is 5.73 Å². The van der Waals surface area contributed by atoms with E-state index < -0.39 is 0 Å². The van der Waals surface area contributed by atoms with Gasteiger partial charge in [-0.25, -0.2) is 0 Å². The smallest absolute Gasteiger partial charge is 0.155 e. The number of hydrogen-bond donors (Lipinski definition) is 1. The van der Waals surface area contributed by atoms with Crippen molar-refractivity contribution in [1.29, 1.82) is 0 Å². The molecular weight excluding hydrogens is 270 g/mol. The van der Waals surface area contributed by atoms with Gasteiger partial charge in [0.05, 0.1) is 0 Å². The molecule has 0 aliphatic rings. The third-order valence-corrected chi connectivity index (χ3v) is 2.52. The minimum atomic E-state index is 0.197. The summed E-state index contributed by atoms with van der Waals surface area (Å²) in [5.41, 5.74) is 4.85. The number of unbranched alkanes of at least 4 members (excludes halogenated alkanes) is 3. The Hall–Kier alpha value is -0.630.